The van der Waals surface area contributed by atoms with E-state index in [1.165, 1.54) is 128 Å². The van der Waals surface area contributed by atoms with E-state index in [9.17, 15) is 38.4 Å². The molecule has 1 saturated heterocycles. The number of unbranched alkanes of at least 4 members (excludes halogenated alkanes) is 24. The van der Waals surface area contributed by atoms with Gasteiger partial charge in [0.2, 0.25) is 11.8 Å². The normalized spacial score (nSPS) is 14.4. The molecule has 0 radical (unpaired) electrons. The third kappa shape index (κ3) is 48.7. The van der Waals surface area contributed by atoms with Gasteiger partial charge >= 0.3 is 35.8 Å². The zero-order valence-electron chi connectivity index (χ0n) is 53.9. The number of hydrogen-bond acceptors (Lipinski definition) is 16. The highest BCUT2D eigenvalue weighted by molar-refractivity contribution is 6.00. The van der Waals surface area contributed by atoms with Crippen molar-refractivity contribution >= 4 is 47.6 Å². The molecular formula is C68H116N4O14. The van der Waals surface area contributed by atoms with Gasteiger partial charge in [-0.05, 0) is 51.4 Å². The number of hydrogen-bond donors (Lipinski definition) is 2. The molecule has 86 heavy (non-hydrogen) atoms. The summed E-state index contributed by atoms with van der Waals surface area (Å²) in [5, 5.41) is 5.02. The molecule has 2 atom stereocenters. The highest BCUT2D eigenvalue weighted by Gasteiger charge is 2.36. The second-order valence-electron chi connectivity index (χ2n) is 22.5. The van der Waals surface area contributed by atoms with Crippen molar-refractivity contribution in [3.05, 3.63) is 48.6 Å². The van der Waals surface area contributed by atoms with Crippen molar-refractivity contribution < 1.29 is 66.8 Å². The smallest absolute Gasteiger partial charge is 0.308 e. The third-order valence-electron chi connectivity index (χ3n) is 14.8. The first kappa shape index (κ1) is 78.7. The lowest BCUT2D eigenvalue weighted by molar-refractivity contribution is -0.151. The van der Waals surface area contributed by atoms with Crippen molar-refractivity contribution in [2.45, 2.75) is 258 Å². The number of rotatable bonds is 58. The quantitative estimate of drug-likeness (QED) is 0.0250. The van der Waals surface area contributed by atoms with Gasteiger partial charge in [-0.3, -0.25) is 48.2 Å². The predicted octanol–water partition coefficient (Wildman–Crippen LogP) is 12.4. The largest absolute Gasteiger partial charge is 0.464 e. The van der Waals surface area contributed by atoms with Gasteiger partial charge < -0.3 is 39.1 Å². The zero-order valence-corrected chi connectivity index (χ0v) is 53.9. The second-order valence-corrected chi connectivity index (χ2v) is 22.5. The first-order valence-electron chi connectivity index (χ1n) is 33.5. The van der Waals surface area contributed by atoms with E-state index in [1.807, 2.05) is 48.6 Å². The Balaban J connectivity index is 2.70. The molecule has 0 spiro atoms. The van der Waals surface area contributed by atoms with Crippen molar-refractivity contribution in [3.63, 3.8) is 0 Å². The fourth-order valence-electron chi connectivity index (χ4n) is 9.43. The molecule has 1 fully saturated rings. The Bertz CT molecular complexity index is 1700. The third-order valence-corrected chi connectivity index (χ3v) is 14.8. The summed E-state index contributed by atoms with van der Waals surface area (Å²) in [7, 11) is 0. The number of nitrogens with one attached hydrogen (secondary N) is 2. The van der Waals surface area contributed by atoms with Crippen LogP contribution in [0.2, 0.25) is 0 Å². The van der Waals surface area contributed by atoms with E-state index < -0.39 is 72.6 Å². The maximum absolute atomic E-state index is 13.1. The molecule has 2 amide bonds. The van der Waals surface area contributed by atoms with Crippen LogP contribution in [0, 0.1) is 0 Å². The van der Waals surface area contributed by atoms with Gasteiger partial charge in [-0.2, -0.15) is 0 Å². The monoisotopic (exact) mass is 1210 g/mol. The van der Waals surface area contributed by atoms with Crippen LogP contribution < -0.4 is 10.6 Å². The van der Waals surface area contributed by atoms with Crippen LogP contribution in [0.3, 0.4) is 0 Å². The minimum atomic E-state index is -1.25. The number of carbonyl (C=O) groups is 8. The summed E-state index contributed by atoms with van der Waals surface area (Å²) in [6, 6.07) is -2.51. The van der Waals surface area contributed by atoms with Gasteiger partial charge in [-0.1, -0.05) is 205 Å². The van der Waals surface area contributed by atoms with Gasteiger partial charge in [0.25, 0.3) is 0 Å². The highest BCUT2D eigenvalue weighted by atomic mass is 16.6. The Labute approximate surface area is 518 Å². The summed E-state index contributed by atoms with van der Waals surface area (Å²) in [6.45, 7) is 10.5. The molecular weight excluding hydrogens is 1100 g/mol. The number of carbonyl (C=O) groups excluding carboxylic acids is 8. The Morgan fingerprint density at radius 3 is 0.826 bits per heavy atom. The minimum absolute atomic E-state index is 0.0442. The lowest BCUT2D eigenvalue weighted by Crippen LogP contribution is -2.62. The van der Waals surface area contributed by atoms with Crippen LogP contribution in [0.4, 0.5) is 0 Å². The molecule has 2 N–H and O–H groups in total. The van der Waals surface area contributed by atoms with E-state index >= 15 is 0 Å². The van der Waals surface area contributed by atoms with Crippen LogP contribution in [0.1, 0.15) is 246 Å². The van der Waals surface area contributed by atoms with E-state index in [-0.39, 0.29) is 105 Å². The van der Waals surface area contributed by atoms with Gasteiger partial charge in [0.1, 0.15) is 51.7 Å². The van der Waals surface area contributed by atoms with Gasteiger partial charge in [0.05, 0.1) is 38.5 Å². The van der Waals surface area contributed by atoms with E-state index in [0.29, 0.717) is 0 Å². The van der Waals surface area contributed by atoms with Crippen molar-refractivity contribution in [3.8, 4) is 0 Å². The van der Waals surface area contributed by atoms with Gasteiger partial charge in [-0.25, -0.2) is 0 Å². The van der Waals surface area contributed by atoms with Gasteiger partial charge in [-0.15, -0.1) is 0 Å². The average molecular weight is 1210 g/mol. The highest BCUT2D eigenvalue weighted by Crippen LogP contribution is 2.13. The molecule has 1 rings (SSSR count). The Morgan fingerprint density at radius 2 is 0.570 bits per heavy atom. The first-order valence-corrected chi connectivity index (χ1v) is 33.5. The minimum Gasteiger partial charge on any atom is -0.464 e. The number of allylic oxidation sites excluding steroid dienone is 4. The number of piperazine rings is 1. The summed E-state index contributed by atoms with van der Waals surface area (Å²) >= 11 is 0. The van der Waals surface area contributed by atoms with Crippen LogP contribution in [0.5, 0.6) is 0 Å². The molecule has 1 aliphatic heterocycles. The van der Waals surface area contributed by atoms with Crippen LogP contribution in [0.25, 0.3) is 0 Å². The van der Waals surface area contributed by atoms with Crippen molar-refractivity contribution in [2.75, 3.05) is 78.9 Å². The van der Waals surface area contributed by atoms with Crippen LogP contribution in [-0.4, -0.2) is 148 Å². The van der Waals surface area contributed by atoms with E-state index in [1.54, 1.807) is 9.80 Å². The number of ether oxygens (including phenoxy) is 6. The van der Waals surface area contributed by atoms with Crippen molar-refractivity contribution in [1.82, 2.24) is 20.4 Å². The molecule has 492 valence electrons. The molecule has 2 unspecified atom stereocenters. The Morgan fingerprint density at radius 1 is 0.326 bits per heavy atom. The Hall–Kier alpha value is -5.36. The molecule has 1 heterocycles. The molecule has 0 saturated carbocycles. The maximum Gasteiger partial charge on any atom is 0.308 e. The fraction of sp³-hybridized carbons (Fsp3) is 0.765. The summed E-state index contributed by atoms with van der Waals surface area (Å²) in [6.07, 6.45) is 47.4. The standard InChI is InChI=1S/C68H116N4O14/c1-5-9-13-17-21-25-29-33-37-51-81-61(73)41-45-71(46-42-62(74)82-52-38-34-30-26-22-18-14-10-6-2)49-55-85-65(77)57-59-67(79)70-60(68(80)69-59)58-66(78)86-56-50-72(47-43-63(75)83-53-39-35-31-27-23-19-15-11-7-3)48-44-64(76)84-54-40-36-32-28-24-20-16-12-8-4/h33-40,59-60H,5-32,41-58H2,1-4H3,(H,69,80)(H,70,79)/b37-33-,38-34-,39-35-,40-36-. The van der Waals surface area contributed by atoms with Crippen LogP contribution in [-0.2, 0) is 66.8 Å². The maximum atomic E-state index is 13.1. The van der Waals surface area contributed by atoms with Gasteiger partial charge in [0, 0.05) is 39.3 Å². The summed E-state index contributed by atoms with van der Waals surface area (Å²) < 4.78 is 32.6. The molecule has 0 aliphatic carbocycles. The SMILES string of the molecule is CCCCCCCC/C=C\COC(=O)CCN(CCOC(=O)CC1NC(=O)C(CC(=O)OCCN(CCC(=O)OC/C=C\CCCCCCCC)CCC(=O)OC/C=C\CCCCCCCC)NC1=O)CCC(=O)OC/C=C\CCCCCCCC. The summed E-state index contributed by atoms with van der Waals surface area (Å²) in [4.78, 5) is 107. The second kappa shape index (κ2) is 57.4. The lowest BCUT2D eigenvalue weighted by Gasteiger charge is -2.29. The predicted molar refractivity (Wildman–Crippen MR) is 339 cm³/mol. The van der Waals surface area contributed by atoms with Crippen LogP contribution >= 0.6 is 0 Å². The topological polar surface area (TPSA) is 222 Å². The average Bonchev–Trinajstić information content (AvgIpc) is 3.68. The fourth-order valence-corrected chi connectivity index (χ4v) is 9.43. The van der Waals surface area contributed by atoms with Crippen molar-refractivity contribution in [2.24, 2.45) is 0 Å². The molecule has 0 aromatic carbocycles. The number of esters is 6. The molecule has 0 aromatic heterocycles. The molecule has 18 heteroatoms. The first-order chi connectivity index (χ1) is 41.9. The lowest BCUT2D eigenvalue weighted by atomic mass is 10.1. The summed E-state index contributed by atoms with van der Waals surface area (Å²) in [5.74, 6) is -4.51. The molecule has 0 aromatic rings. The van der Waals surface area contributed by atoms with Crippen LogP contribution in [0.15, 0.2) is 48.6 Å². The Kier molecular flexibility index (Phi) is 52.5. The molecule has 1 aliphatic rings. The number of amides is 2. The van der Waals surface area contributed by atoms with E-state index in [0.717, 1.165) is 51.4 Å². The molecule has 18 nitrogen and oxygen atoms in total. The molecule has 0 bridgehead atoms. The van der Waals surface area contributed by atoms with Crippen molar-refractivity contribution in [1.29, 1.82) is 0 Å². The van der Waals surface area contributed by atoms with E-state index in [2.05, 4.69) is 38.3 Å². The zero-order chi connectivity index (χ0) is 62.8. The summed E-state index contributed by atoms with van der Waals surface area (Å²) in [5.41, 5.74) is 0. The van der Waals surface area contributed by atoms with Gasteiger partial charge in [0.15, 0.2) is 0 Å². The van der Waals surface area contributed by atoms with E-state index in [4.69, 9.17) is 28.4 Å². The number of nitrogens with zero attached hydrogens (tertiary/aromatic N) is 2.